The molecule has 0 unspecified atom stereocenters. The molecular formula is C12H23ClN2O4. The van der Waals surface area contributed by atoms with Gasteiger partial charge < -0.3 is 20.1 Å². The fourth-order valence-corrected chi connectivity index (χ4v) is 1.52. The molecule has 0 saturated carbocycles. The molecule has 0 bridgehead atoms. The van der Waals surface area contributed by atoms with E-state index < -0.39 is 18.3 Å². The Kier molecular flexibility index (Phi) is 11.2. The number of hydrogen-bond acceptors (Lipinski definition) is 4. The van der Waals surface area contributed by atoms with Gasteiger partial charge in [0.05, 0.1) is 13.7 Å². The monoisotopic (exact) mass is 294 g/mol. The molecule has 0 radical (unpaired) electrons. The van der Waals surface area contributed by atoms with E-state index in [1.165, 1.54) is 7.11 Å². The topological polar surface area (TPSA) is 76.7 Å². The Morgan fingerprint density at radius 3 is 2.42 bits per heavy atom. The summed E-state index contributed by atoms with van der Waals surface area (Å²) >= 11 is 5.56. The first-order chi connectivity index (χ1) is 9.10. The van der Waals surface area contributed by atoms with Gasteiger partial charge in [0.15, 0.2) is 0 Å². The first-order valence-corrected chi connectivity index (χ1v) is 6.95. The first kappa shape index (κ1) is 17.8. The number of ether oxygens (including phenoxy) is 2. The van der Waals surface area contributed by atoms with Crippen LogP contribution in [0.2, 0.25) is 0 Å². The molecule has 0 rings (SSSR count). The van der Waals surface area contributed by atoms with Gasteiger partial charge in [0.25, 0.3) is 0 Å². The van der Waals surface area contributed by atoms with Crippen molar-refractivity contribution in [3.63, 3.8) is 0 Å². The predicted octanol–water partition coefficient (Wildman–Crippen LogP) is 2.26. The highest BCUT2D eigenvalue weighted by Crippen LogP contribution is 2.00. The lowest BCUT2D eigenvalue weighted by molar-refractivity contribution is 0.103. The molecule has 0 aliphatic carbocycles. The summed E-state index contributed by atoms with van der Waals surface area (Å²) in [5.41, 5.74) is 0. The summed E-state index contributed by atoms with van der Waals surface area (Å²) in [4.78, 5) is 22.2. The second-order valence-corrected chi connectivity index (χ2v) is 4.50. The normalized spacial score (nSPS) is 11.5. The van der Waals surface area contributed by atoms with Crippen LogP contribution in [-0.2, 0) is 9.47 Å². The Morgan fingerprint density at radius 2 is 1.79 bits per heavy atom. The van der Waals surface area contributed by atoms with Gasteiger partial charge in [-0.15, -0.1) is 11.6 Å². The molecule has 0 aliphatic heterocycles. The van der Waals surface area contributed by atoms with Crippen LogP contribution in [0.5, 0.6) is 0 Å². The van der Waals surface area contributed by atoms with E-state index in [-0.39, 0.29) is 6.54 Å². The Hall–Kier alpha value is -1.17. The maximum absolute atomic E-state index is 11.4. The Bertz CT molecular complexity index is 264. The highest BCUT2D eigenvalue weighted by Gasteiger charge is 2.10. The first-order valence-electron chi connectivity index (χ1n) is 6.42. The molecule has 2 N–H and O–H groups in total. The number of hydrogen-bond donors (Lipinski definition) is 2. The van der Waals surface area contributed by atoms with Crippen LogP contribution in [0.3, 0.4) is 0 Å². The highest BCUT2D eigenvalue weighted by atomic mass is 35.5. The summed E-state index contributed by atoms with van der Waals surface area (Å²) < 4.78 is 9.43. The van der Waals surface area contributed by atoms with E-state index in [4.69, 9.17) is 16.3 Å². The number of carbonyl (C=O) groups excluding carboxylic acids is 2. The highest BCUT2D eigenvalue weighted by molar-refractivity contribution is 6.17. The standard InChI is InChI=1S/C12H23ClN2O4/c1-10(9-15-11(16)18-2)19-12(17)14-8-6-4-3-5-7-13/h10H,3-9H2,1-2H3,(H,14,17)(H,15,16)/t10-/m1/s1. The minimum atomic E-state index is -0.546. The maximum Gasteiger partial charge on any atom is 0.407 e. The second kappa shape index (κ2) is 11.9. The van der Waals surface area contributed by atoms with E-state index in [1.807, 2.05) is 0 Å². The van der Waals surface area contributed by atoms with Crippen molar-refractivity contribution in [3.05, 3.63) is 0 Å². The summed E-state index contributed by atoms with van der Waals surface area (Å²) in [7, 11) is 1.28. The SMILES string of the molecule is COC(=O)NC[C@@H](C)OC(=O)NCCCCCCCl. The van der Waals surface area contributed by atoms with Crippen molar-refractivity contribution in [2.45, 2.75) is 38.7 Å². The van der Waals surface area contributed by atoms with Crippen LogP contribution in [-0.4, -0.2) is 44.4 Å². The predicted molar refractivity (Wildman–Crippen MR) is 73.5 cm³/mol. The molecule has 0 spiro atoms. The third-order valence-corrected chi connectivity index (χ3v) is 2.62. The molecule has 112 valence electrons. The van der Waals surface area contributed by atoms with Gasteiger partial charge in [-0.1, -0.05) is 12.8 Å². The molecule has 0 aromatic rings. The Morgan fingerprint density at radius 1 is 1.11 bits per heavy atom. The number of amides is 2. The summed E-state index contributed by atoms with van der Waals surface area (Å²) in [6.07, 6.45) is 2.58. The van der Waals surface area contributed by atoms with Crippen molar-refractivity contribution in [2.24, 2.45) is 0 Å². The average molecular weight is 295 g/mol. The van der Waals surface area contributed by atoms with Crippen molar-refractivity contribution < 1.29 is 19.1 Å². The average Bonchev–Trinajstić information content (AvgIpc) is 2.39. The van der Waals surface area contributed by atoms with Crippen molar-refractivity contribution >= 4 is 23.8 Å². The van der Waals surface area contributed by atoms with Gasteiger partial charge in [0.1, 0.15) is 6.10 Å². The summed E-state index contributed by atoms with van der Waals surface area (Å²) in [6, 6.07) is 0. The lowest BCUT2D eigenvalue weighted by Crippen LogP contribution is -2.36. The molecule has 7 heteroatoms. The number of alkyl halides is 1. The van der Waals surface area contributed by atoms with E-state index in [9.17, 15) is 9.59 Å². The zero-order valence-electron chi connectivity index (χ0n) is 11.5. The van der Waals surface area contributed by atoms with Gasteiger partial charge in [0, 0.05) is 12.4 Å². The molecule has 1 atom stereocenters. The minimum absolute atomic E-state index is 0.218. The molecule has 0 aliphatic rings. The molecule has 2 amide bonds. The molecule has 0 saturated heterocycles. The van der Waals surface area contributed by atoms with Crippen molar-refractivity contribution in [2.75, 3.05) is 26.1 Å². The Balaban J connectivity index is 3.49. The minimum Gasteiger partial charge on any atom is -0.453 e. The second-order valence-electron chi connectivity index (χ2n) is 4.12. The van der Waals surface area contributed by atoms with E-state index in [0.29, 0.717) is 12.4 Å². The lowest BCUT2D eigenvalue weighted by Gasteiger charge is -2.14. The van der Waals surface area contributed by atoms with E-state index in [2.05, 4.69) is 15.4 Å². The van der Waals surface area contributed by atoms with Gasteiger partial charge in [-0.2, -0.15) is 0 Å². The van der Waals surface area contributed by atoms with Crippen molar-refractivity contribution in [1.29, 1.82) is 0 Å². The number of rotatable bonds is 9. The third kappa shape index (κ3) is 11.6. The number of carbonyl (C=O) groups is 2. The van der Waals surface area contributed by atoms with Crippen LogP contribution in [0.4, 0.5) is 9.59 Å². The van der Waals surface area contributed by atoms with E-state index >= 15 is 0 Å². The van der Waals surface area contributed by atoms with Gasteiger partial charge >= 0.3 is 12.2 Å². The Labute approximate surface area is 119 Å². The van der Waals surface area contributed by atoms with Gasteiger partial charge in [-0.3, -0.25) is 0 Å². The number of alkyl carbamates (subject to hydrolysis) is 2. The van der Waals surface area contributed by atoms with Crippen molar-refractivity contribution in [3.8, 4) is 0 Å². The number of halogens is 1. The third-order valence-electron chi connectivity index (χ3n) is 2.36. The molecular weight excluding hydrogens is 272 g/mol. The molecule has 0 fully saturated rings. The van der Waals surface area contributed by atoms with E-state index in [0.717, 1.165) is 25.7 Å². The van der Waals surface area contributed by atoms with Gasteiger partial charge in [0.2, 0.25) is 0 Å². The summed E-state index contributed by atoms with van der Waals surface area (Å²) in [5.74, 6) is 0.681. The van der Waals surface area contributed by atoms with Gasteiger partial charge in [-0.05, 0) is 19.8 Å². The van der Waals surface area contributed by atoms with Crippen LogP contribution in [0.25, 0.3) is 0 Å². The zero-order valence-corrected chi connectivity index (χ0v) is 12.3. The van der Waals surface area contributed by atoms with Gasteiger partial charge in [-0.25, -0.2) is 9.59 Å². The smallest absolute Gasteiger partial charge is 0.407 e. The zero-order chi connectivity index (χ0) is 14.5. The fraction of sp³-hybridized carbons (Fsp3) is 0.833. The van der Waals surface area contributed by atoms with Crippen LogP contribution in [0.15, 0.2) is 0 Å². The molecule has 19 heavy (non-hydrogen) atoms. The fourth-order valence-electron chi connectivity index (χ4n) is 1.33. The van der Waals surface area contributed by atoms with Crippen molar-refractivity contribution in [1.82, 2.24) is 10.6 Å². The maximum atomic E-state index is 11.4. The molecule has 0 aromatic heterocycles. The summed E-state index contributed by atoms with van der Waals surface area (Å²) in [6.45, 7) is 2.49. The number of nitrogens with one attached hydrogen (secondary N) is 2. The molecule has 6 nitrogen and oxygen atoms in total. The molecule has 0 heterocycles. The number of unbranched alkanes of at least 4 members (excludes halogenated alkanes) is 3. The van der Waals surface area contributed by atoms with E-state index in [1.54, 1.807) is 6.92 Å². The largest absolute Gasteiger partial charge is 0.453 e. The quantitative estimate of drug-likeness (QED) is 0.505. The summed E-state index contributed by atoms with van der Waals surface area (Å²) in [5, 5.41) is 5.10. The molecule has 0 aromatic carbocycles. The van der Waals surface area contributed by atoms with Crippen LogP contribution < -0.4 is 10.6 Å². The van der Waals surface area contributed by atoms with Crippen LogP contribution in [0, 0.1) is 0 Å². The number of methoxy groups -OCH3 is 1. The van der Waals surface area contributed by atoms with Crippen LogP contribution in [0.1, 0.15) is 32.6 Å². The van der Waals surface area contributed by atoms with Crippen LogP contribution >= 0.6 is 11.6 Å². The lowest BCUT2D eigenvalue weighted by atomic mass is 10.2.